The van der Waals surface area contributed by atoms with Crippen molar-refractivity contribution < 1.29 is 0 Å². The number of thiazole rings is 1. The Hall–Kier alpha value is -1.21. The van der Waals surface area contributed by atoms with Crippen LogP contribution < -0.4 is 10.2 Å². The SMILES string of the molecule is CCNc1ncc(Br)c(N(C)Cc2csc(C)n2)n1. The van der Waals surface area contributed by atoms with Gasteiger partial charge < -0.3 is 10.2 Å². The lowest BCUT2D eigenvalue weighted by Crippen LogP contribution is -2.19. The van der Waals surface area contributed by atoms with Gasteiger partial charge in [-0.05, 0) is 29.8 Å². The van der Waals surface area contributed by atoms with Crippen molar-refractivity contribution in [2.75, 3.05) is 23.8 Å². The van der Waals surface area contributed by atoms with Crippen LogP contribution in [0.1, 0.15) is 17.6 Å². The molecule has 0 spiro atoms. The van der Waals surface area contributed by atoms with Gasteiger partial charge in [0.15, 0.2) is 0 Å². The van der Waals surface area contributed by atoms with Crippen molar-refractivity contribution in [3.8, 4) is 0 Å². The first-order chi connectivity index (χ1) is 9.10. The molecule has 0 atom stereocenters. The van der Waals surface area contributed by atoms with E-state index in [0.29, 0.717) is 5.95 Å². The summed E-state index contributed by atoms with van der Waals surface area (Å²) in [7, 11) is 2.00. The molecule has 0 aliphatic carbocycles. The van der Waals surface area contributed by atoms with Crippen molar-refractivity contribution in [2.24, 2.45) is 0 Å². The van der Waals surface area contributed by atoms with E-state index in [1.54, 1.807) is 17.5 Å². The highest BCUT2D eigenvalue weighted by Crippen LogP contribution is 2.24. The molecule has 2 rings (SSSR count). The molecule has 102 valence electrons. The lowest BCUT2D eigenvalue weighted by molar-refractivity contribution is 0.861. The Morgan fingerprint density at radius 2 is 2.21 bits per heavy atom. The molecule has 0 amide bonds. The minimum Gasteiger partial charge on any atom is -0.354 e. The number of rotatable bonds is 5. The molecule has 5 nitrogen and oxygen atoms in total. The second kappa shape index (κ2) is 6.29. The number of hydrogen-bond acceptors (Lipinski definition) is 6. The highest BCUT2D eigenvalue weighted by atomic mass is 79.9. The quantitative estimate of drug-likeness (QED) is 0.905. The number of aryl methyl sites for hydroxylation is 1. The Balaban J connectivity index is 2.17. The zero-order valence-corrected chi connectivity index (χ0v) is 13.5. The Labute approximate surface area is 125 Å². The zero-order chi connectivity index (χ0) is 13.8. The van der Waals surface area contributed by atoms with Gasteiger partial charge in [0.1, 0.15) is 5.82 Å². The largest absolute Gasteiger partial charge is 0.354 e. The van der Waals surface area contributed by atoms with Gasteiger partial charge in [-0.15, -0.1) is 11.3 Å². The standard InChI is InChI=1S/C12H16BrN5S/c1-4-14-12-15-5-10(13)11(17-12)18(3)6-9-7-19-8(2)16-9/h5,7H,4,6H2,1-3H3,(H,14,15,17). The van der Waals surface area contributed by atoms with Crippen LogP contribution in [0.5, 0.6) is 0 Å². The summed E-state index contributed by atoms with van der Waals surface area (Å²) < 4.78 is 0.878. The maximum Gasteiger partial charge on any atom is 0.224 e. The molecule has 0 radical (unpaired) electrons. The molecule has 0 aromatic carbocycles. The van der Waals surface area contributed by atoms with E-state index in [4.69, 9.17) is 0 Å². The maximum atomic E-state index is 4.50. The molecule has 0 fully saturated rings. The van der Waals surface area contributed by atoms with Gasteiger partial charge in [0, 0.05) is 25.2 Å². The van der Waals surface area contributed by atoms with Gasteiger partial charge in [-0.1, -0.05) is 0 Å². The predicted molar refractivity (Wildman–Crippen MR) is 82.9 cm³/mol. The zero-order valence-electron chi connectivity index (χ0n) is 11.1. The molecule has 2 aromatic rings. The molecule has 0 saturated heterocycles. The van der Waals surface area contributed by atoms with E-state index in [1.807, 2.05) is 20.9 Å². The van der Waals surface area contributed by atoms with Crippen molar-refractivity contribution in [3.63, 3.8) is 0 Å². The molecule has 7 heteroatoms. The predicted octanol–water partition coefficient (Wildman–Crippen LogP) is 3.07. The van der Waals surface area contributed by atoms with E-state index in [-0.39, 0.29) is 0 Å². The summed E-state index contributed by atoms with van der Waals surface area (Å²) in [4.78, 5) is 15.2. The van der Waals surface area contributed by atoms with Gasteiger partial charge in [-0.3, -0.25) is 0 Å². The first-order valence-corrected chi connectivity index (χ1v) is 7.66. The van der Waals surface area contributed by atoms with E-state index in [2.05, 4.69) is 46.5 Å². The number of aromatic nitrogens is 3. The molecule has 0 aliphatic rings. The average Bonchev–Trinajstić information content (AvgIpc) is 2.77. The van der Waals surface area contributed by atoms with Crippen LogP contribution in [0.3, 0.4) is 0 Å². The summed E-state index contributed by atoms with van der Waals surface area (Å²) in [5.74, 6) is 1.50. The van der Waals surface area contributed by atoms with Crippen molar-refractivity contribution in [3.05, 3.63) is 26.8 Å². The van der Waals surface area contributed by atoms with E-state index < -0.39 is 0 Å². The fraction of sp³-hybridized carbons (Fsp3) is 0.417. The van der Waals surface area contributed by atoms with Gasteiger partial charge in [0.05, 0.1) is 21.7 Å². The molecule has 2 aromatic heterocycles. The van der Waals surface area contributed by atoms with E-state index in [9.17, 15) is 0 Å². The molecule has 0 aliphatic heterocycles. The van der Waals surface area contributed by atoms with Crippen molar-refractivity contribution in [1.82, 2.24) is 15.0 Å². The van der Waals surface area contributed by atoms with Crippen LogP contribution in [-0.2, 0) is 6.54 Å². The highest BCUT2D eigenvalue weighted by Gasteiger charge is 2.11. The smallest absolute Gasteiger partial charge is 0.224 e. The summed E-state index contributed by atoms with van der Waals surface area (Å²) >= 11 is 5.15. The lowest BCUT2D eigenvalue weighted by atomic mass is 10.4. The normalized spacial score (nSPS) is 10.5. The minimum absolute atomic E-state index is 0.641. The van der Waals surface area contributed by atoms with Gasteiger partial charge in [0.2, 0.25) is 5.95 Å². The third-order valence-corrected chi connectivity index (χ3v) is 3.87. The van der Waals surface area contributed by atoms with Gasteiger partial charge in [0.25, 0.3) is 0 Å². The minimum atomic E-state index is 0.641. The lowest BCUT2D eigenvalue weighted by Gasteiger charge is -2.18. The van der Waals surface area contributed by atoms with Crippen LogP contribution in [0.15, 0.2) is 16.0 Å². The van der Waals surface area contributed by atoms with Gasteiger partial charge in [-0.25, -0.2) is 9.97 Å². The fourth-order valence-corrected chi connectivity index (χ4v) is 2.77. The van der Waals surface area contributed by atoms with E-state index in [0.717, 1.165) is 34.1 Å². The molecule has 1 N–H and O–H groups in total. The molecule has 2 heterocycles. The monoisotopic (exact) mass is 341 g/mol. The first-order valence-electron chi connectivity index (χ1n) is 5.98. The highest BCUT2D eigenvalue weighted by molar-refractivity contribution is 9.10. The molecular weight excluding hydrogens is 326 g/mol. The van der Waals surface area contributed by atoms with Crippen LogP contribution in [0, 0.1) is 6.92 Å². The maximum absolute atomic E-state index is 4.50. The summed E-state index contributed by atoms with van der Waals surface area (Å²) in [6, 6.07) is 0. The third kappa shape index (κ3) is 3.63. The van der Waals surface area contributed by atoms with Crippen LogP contribution in [0.25, 0.3) is 0 Å². The van der Waals surface area contributed by atoms with Crippen LogP contribution >= 0.6 is 27.3 Å². The van der Waals surface area contributed by atoms with Crippen molar-refractivity contribution >= 4 is 39.0 Å². The van der Waals surface area contributed by atoms with Gasteiger partial charge >= 0.3 is 0 Å². The Bertz CT molecular complexity index is 557. The van der Waals surface area contributed by atoms with E-state index >= 15 is 0 Å². The summed E-state index contributed by atoms with van der Waals surface area (Å²) in [5, 5.41) is 6.27. The van der Waals surface area contributed by atoms with Crippen molar-refractivity contribution in [1.29, 1.82) is 0 Å². The number of nitrogens with one attached hydrogen (secondary N) is 1. The second-order valence-electron chi connectivity index (χ2n) is 4.11. The topological polar surface area (TPSA) is 53.9 Å². The van der Waals surface area contributed by atoms with Crippen LogP contribution in [0.4, 0.5) is 11.8 Å². The Kier molecular flexibility index (Phi) is 4.71. The van der Waals surface area contributed by atoms with E-state index in [1.165, 1.54) is 0 Å². The molecule has 0 saturated carbocycles. The molecule has 0 unspecified atom stereocenters. The number of hydrogen-bond donors (Lipinski definition) is 1. The molecule has 19 heavy (non-hydrogen) atoms. The number of nitrogens with zero attached hydrogens (tertiary/aromatic N) is 4. The summed E-state index contributed by atoms with van der Waals surface area (Å²) in [6.07, 6.45) is 1.77. The van der Waals surface area contributed by atoms with Crippen LogP contribution in [0.2, 0.25) is 0 Å². The Morgan fingerprint density at radius 3 is 2.84 bits per heavy atom. The fourth-order valence-electron chi connectivity index (χ4n) is 1.67. The van der Waals surface area contributed by atoms with Crippen molar-refractivity contribution in [2.45, 2.75) is 20.4 Å². The molecule has 0 bridgehead atoms. The number of anilines is 2. The molecular formula is C12H16BrN5S. The first kappa shape index (κ1) is 14.2. The average molecular weight is 342 g/mol. The van der Waals surface area contributed by atoms with Gasteiger partial charge in [-0.2, -0.15) is 4.98 Å². The third-order valence-electron chi connectivity index (χ3n) is 2.49. The number of halogens is 1. The second-order valence-corrected chi connectivity index (χ2v) is 6.03. The van der Waals surface area contributed by atoms with Crippen LogP contribution in [-0.4, -0.2) is 28.5 Å². The Morgan fingerprint density at radius 1 is 1.42 bits per heavy atom. The summed E-state index contributed by atoms with van der Waals surface area (Å²) in [5.41, 5.74) is 1.06. The summed E-state index contributed by atoms with van der Waals surface area (Å²) in [6.45, 7) is 5.56.